The minimum Gasteiger partial charge on any atom is -0.302 e. The molecule has 1 N–H and O–H groups in total. The lowest BCUT2D eigenvalue weighted by Gasteiger charge is -2.58. The summed E-state index contributed by atoms with van der Waals surface area (Å²) in [5.74, 6) is 2.78. The first-order valence-electron chi connectivity index (χ1n) is 9.54. The second-order valence-corrected chi connectivity index (χ2v) is 8.41. The fraction of sp³-hybridized carbons (Fsp3) is 0.684. The van der Waals surface area contributed by atoms with Crippen LogP contribution in [0.15, 0.2) is 17.3 Å². The lowest BCUT2D eigenvalue weighted by Crippen LogP contribution is -2.66. The maximum Gasteiger partial charge on any atom is 0.195 e. The van der Waals surface area contributed by atoms with Gasteiger partial charge in [0.2, 0.25) is 0 Å². The Morgan fingerprint density at radius 1 is 1.08 bits per heavy atom. The van der Waals surface area contributed by atoms with Crippen LogP contribution in [0.2, 0.25) is 0 Å². The molecule has 2 unspecified atom stereocenters. The Bertz CT molecular complexity index is 700. The molecule has 0 radical (unpaired) electrons. The van der Waals surface area contributed by atoms with Gasteiger partial charge in [-0.25, -0.2) is 15.3 Å². The van der Waals surface area contributed by atoms with E-state index in [9.17, 15) is 0 Å². The first-order valence-corrected chi connectivity index (χ1v) is 9.54. The van der Waals surface area contributed by atoms with Crippen molar-refractivity contribution < 1.29 is 4.84 Å². The first kappa shape index (κ1) is 13.8. The third-order valence-corrected chi connectivity index (χ3v) is 6.94. The van der Waals surface area contributed by atoms with Crippen LogP contribution in [0.25, 0.3) is 0 Å². The third kappa shape index (κ3) is 1.83. The molecule has 5 heteroatoms. The predicted molar refractivity (Wildman–Crippen MR) is 90.5 cm³/mol. The zero-order chi connectivity index (χ0) is 15.7. The van der Waals surface area contributed by atoms with E-state index in [0.29, 0.717) is 11.8 Å². The van der Waals surface area contributed by atoms with Crippen LogP contribution >= 0.6 is 0 Å². The molecule has 2 aliphatic carbocycles. The molecule has 1 aromatic rings. The van der Waals surface area contributed by atoms with Crippen molar-refractivity contribution in [3.63, 3.8) is 0 Å². The maximum absolute atomic E-state index is 6.21. The second-order valence-electron chi connectivity index (χ2n) is 8.41. The summed E-state index contributed by atoms with van der Waals surface area (Å²) in [6.07, 6.45) is 9.52. The molecule has 2 atom stereocenters. The zero-order valence-corrected chi connectivity index (χ0v) is 14.0. The van der Waals surface area contributed by atoms with Crippen LogP contribution in [0.5, 0.6) is 0 Å². The molecule has 5 nitrogen and oxygen atoms in total. The molecule has 5 heterocycles. The van der Waals surface area contributed by atoms with E-state index in [-0.39, 0.29) is 5.72 Å². The summed E-state index contributed by atoms with van der Waals surface area (Å²) < 4.78 is 0. The topological polar surface area (TPSA) is 49.8 Å². The number of aliphatic imine (C=N–C) groups is 1. The molecular weight excluding hydrogens is 300 g/mol. The average molecular weight is 324 g/mol. The second kappa shape index (κ2) is 4.79. The van der Waals surface area contributed by atoms with Crippen LogP contribution in [0.1, 0.15) is 42.5 Å². The molecule has 1 saturated carbocycles. The molecule has 0 aromatic carbocycles. The number of pyridine rings is 1. The van der Waals surface area contributed by atoms with Gasteiger partial charge in [0.25, 0.3) is 0 Å². The van der Waals surface area contributed by atoms with Crippen LogP contribution < -0.4 is 5.48 Å². The summed E-state index contributed by atoms with van der Waals surface area (Å²) >= 11 is 0. The van der Waals surface area contributed by atoms with E-state index in [1.807, 2.05) is 0 Å². The number of nitrogens with one attached hydrogen (secondary N) is 1. The molecular formula is C19H24N4O. The highest BCUT2D eigenvalue weighted by Gasteiger charge is 2.60. The highest BCUT2D eigenvalue weighted by molar-refractivity contribution is 5.97. The van der Waals surface area contributed by atoms with Gasteiger partial charge < -0.3 is 4.90 Å². The zero-order valence-electron chi connectivity index (χ0n) is 14.0. The van der Waals surface area contributed by atoms with Gasteiger partial charge in [0.05, 0.1) is 0 Å². The Morgan fingerprint density at radius 3 is 2.67 bits per heavy atom. The standard InChI is InChI=1S/C19H24N4O/c1-2-4-14-8-20-17(7-13(14)3-1)18-21-19(24-22-18)15-5-12-6-16(19)11-23(9-12)10-15/h7-8,12,15-16H,1-6,9-11H2,(H,21,22). The summed E-state index contributed by atoms with van der Waals surface area (Å²) in [6.45, 7) is 3.58. The van der Waals surface area contributed by atoms with Crippen molar-refractivity contribution in [2.24, 2.45) is 22.7 Å². The number of hydroxylamine groups is 1. The minimum atomic E-state index is -0.333. The SMILES string of the molecule is c1nc(C2=NC3(ON2)C2CC4CC3CN(C4)C2)cc2c1CCCC2. The monoisotopic (exact) mass is 324 g/mol. The van der Waals surface area contributed by atoms with Gasteiger partial charge >= 0.3 is 0 Å². The van der Waals surface area contributed by atoms with Crippen molar-refractivity contribution in [1.82, 2.24) is 15.4 Å². The minimum absolute atomic E-state index is 0.333. The Kier molecular flexibility index (Phi) is 2.75. The highest BCUT2D eigenvalue weighted by atomic mass is 16.7. The van der Waals surface area contributed by atoms with Gasteiger partial charge in [0, 0.05) is 37.7 Å². The van der Waals surface area contributed by atoms with Gasteiger partial charge in [-0.05, 0) is 61.6 Å². The van der Waals surface area contributed by atoms with Crippen LogP contribution in [0.4, 0.5) is 0 Å². The van der Waals surface area contributed by atoms with Gasteiger partial charge in [-0.3, -0.25) is 4.98 Å². The Balaban J connectivity index is 1.36. The van der Waals surface area contributed by atoms with Crippen molar-refractivity contribution in [2.45, 2.75) is 44.2 Å². The molecule has 24 heavy (non-hydrogen) atoms. The number of hydrogen-bond acceptors (Lipinski definition) is 5. The Hall–Kier alpha value is -1.46. The molecule has 4 aliphatic heterocycles. The summed E-state index contributed by atoms with van der Waals surface area (Å²) in [4.78, 5) is 18.6. The van der Waals surface area contributed by atoms with Crippen molar-refractivity contribution in [1.29, 1.82) is 0 Å². The summed E-state index contributed by atoms with van der Waals surface area (Å²) in [5, 5.41) is 0. The lowest BCUT2D eigenvalue weighted by molar-refractivity contribution is -0.212. The van der Waals surface area contributed by atoms with Gasteiger partial charge in [-0.15, -0.1) is 0 Å². The maximum atomic E-state index is 6.21. The largest absolute Gasteiger partial charge is 0.302 e. The summed E-state index contributed by atoms with van der Waals surface area (Å²) in [6, 6.07) is 2.24. The van der Waals surface area contributed by atoms with Crippen molar-refractivity contribution >= 4 is 5.84 Å². The molecule has 1 aromatic heterocycles. The number of fused-ring (bicyclic) bond motifs is 1. The van der Waals surface area contributed by atoms with E-state index in [1.54, 1.807) is 0 Å². The number of hydrogen-bond donors (Lipinski definition) is 1. The number of aryl methyl sites for hydroxylation is 2. The third-order valence-electron chi connectivity index (χ3n) is 6.94. The van der Waals surface area contributed by atoms with E-state index in [1.165, 1.54) is 56.2 Å². The fourth-order valence-electron chi connectivity index (χ4n) is 5.90. The quantitative estimate of drug-likeness (QED) is 0.857. The number of amidine groups is 1. The van der Waals surface area contributed by atoms with E-state index in [0.717, 1.165) is 30.5 Å². The molecule has 7 rings (SSSR count). The Morgan fingerprint density at radius 2 is 1.88 bits per heavy atom. The molecule has 6 aliphatic rings. The van der Waals surface area contributed by atoms with Crippen LogP contribution in [0, 0.1) is 17.8 Å². The number of aromatic nitrogens is 1. The number of piperidine rings is 3. The Labute approximate surface area is 142 Å². The van der Waals surface area contributed by atoms with E-state index >= 15 is 0 Å². The molecule has 3 saturated heterocycles. The molecule has 126 valence electrons. The van der Waals surface area contributed by atoms with Crippen LogP contribution in [0.3, 0.4) is 0 Å². The van der Waals surface area contributed by atoms with Gasteiger partial charge in [-0.1, -0.05) is 0 Å². The molecule has 0 amide bonds. The van der Waals surface area contributed by atoms with Crippen LogP contribution in [-0.4, -0.2) is 41.1 Å². The van der Waals surface area contributed by atoms with Crippen molar-refractivity contribution in [3.05, 3.63) is 29.1 Å². The average Bonchev–Trinajstić information content (AvgIpc) is 3.05. The smallest absolute Gasteiger partial charge is 0.195 e. The van der Waals surface area contributed by atoms with Gasteiger partial charge in [-0.2, -0.15) is 0 Å². The fourth-order valence-corrected chi connectivity index (χ4v) is 5.90. The molecule has 4 fully saturated rings. The predicted octanol–water partition coefficient (Wildman–Crippen LogP) is 1.91. The van der Waals surface area contributed by atoms with Gasteiger partial charge in [0.15, 0.2) is 11.6 Å². The lowest BCUT2D eigenvalue weighted by atomic mass is 9.63. The van der Waals surface area contributed by atoms with Crippen molar-refractivity contribution in [2.75, 3.05) is 19.6 Å². The number of rotatable bonds is 1. The van der Waals surface area contributed by atoms with Gasteiger partial charge in [0.1, 0.15) is 5.69 Å². The molecule has 1 spiro atoms. The van der Waals surface area contributed by atoms with Crippen LogP contribution in [-0.2, 0) is 17.7 Å². The van der Waals surface area contributed by atoms with E-state index in [4.69, 9.17) is 9.83 Å². The normalized spacial score (nSPS) is 42.1. The van der Waals surface area contributed by atoms with Crippen molar-refractivity contribution in [3.8, 4) is 0 Å². The number of nitrogens with zero attached hydrogens (tertiary/aromatic N) is 3. The summed E-state index contributed by atoms with van der Waals surface area (Å²) in [5.41, 5.74) is 6.66. The van der Waals surface area contributed by atoms with E-state index < -0.39 is 0 Å². The summed E-state index contributed by atoms with van der Waals surface area (Å²) in [7, 11) is 0. The first-order chi connectivity index (χ1) is 11.8. The molecule has 4 bridgehead atoms. The van der Waals surface area contributed by atoms with E-state index in [2.05, 4.69) is 27.6 Å². The highest BCUT2D eigenvalue weighted by Crippen LogP contribution is 2.52.